The Labute approximate surface area is 90.6 Å². The largest absolute Gasteiger partial charge is 0.453 e. The third-order valence-corrected chi connectivity index (χ3v) is 1.88. The second kappa shape index (κ2) is 6.30. The molecule has 1 heterocycles. The maximum Gasteiger partial charge on any atom is 0.453 e. The van der Waals surface area contributed by atoms with Crippen LogP contribution in [0.15, 0.2) is 0 Å². The van der Waals surface area contributed by atoms with E-state index in [1.807, 2.05) is 0 Å². The molecule has 92 valence electrons. The average molecular weight is 236 g/mol. The van der Waals surface area contributed by atoms with Crippen LogP contribution in [0.25, 0.3) is 0 Å². The third kappa shape index (κ3) is 4.96. The Morgan fingerprint density at radius 1 is 1.31 bits per heavy atom. The van der Waals surface area contributed by atoms with Crippen molar-refractivity contribution in [3.05, 3.63) is 20.2 Å². The van der Waals surface area contributed by atoms with Crippen molar-refractivity contribution in [2.75, 3.05) is 26.6 Å². The molecule has 1 saturated heterocycles. The SMILES string of the molecule is O=[N+]([O-])C(CCOCOCC1CO1)[N+](=O)[O-]. The van der Waals surface area contributed by atoms with E-state index in [0.717, 1.165) is 0 Å². The van der Waals surface area contributed by atoms with E-state index in [1.165, 1.54) is 0 Å². The van der Waals surface area contributed by atoms with Crippen LogP contribution < -0.4 is 0 Å². The summed E-state index contributed by atoms with van der Waals surface area (Å²) < 4.78 is 14.7. The van der Waals surface area contributed by atoms with Gasteiger partial charge in [0.1, 0.15) is 19.3 Å². The van der Waals surface area contributed by atoms with Crippen molar-refractivity contribution in [3.8, 4) is 0 Å². The molecule has 0 aromatic carbocycles. The summed E-state index contributed by atoms with van der Waals surface area (Å²) in [5.74, 6) is 0. The Bertz CT molecular complexity index is 241. The van der Waals surface area contributed by atoms with Gasteiger partial charge in [-0.05, 0) is 0 Å². The van der Waals surface area contributed by atoms with Gasteiger partial charge in [-0.3, -0.25) is 20.2 Å². The van der Waals surface area contributed by atoms with Gasteiger partial charge >= 0.3 is 6.17 Å². The summed E-state index contributed by atoms with van der Waals surface area (Å²) in [6.45, 7) is 0.957. The fraction of sp³-hybridized carbons (Fsp3) is 1.00. The number of nitro groups is 2. The molecule has 1 aliphatic rings. The quantitative estimate of drug-likeness (QED) is 0.176. The number of ether oxygens (including phenoxy) is 3. The number of nitrogens with zero attached hydrogens (tertiary/aromatic N) is 2. The molecule has 16 heavy (non-hydrogen) atoms. The summed E-state index contributed by atoms with van der Waals surface area (Å²) in [5.41, 5.74) is 0. The van der Waals surface area contributed by atoms with Gasteiger partial charge in [-0.15, -0.1) is 0 Å². The summed E-state index contributed by atoms with van der Waals surface area (Å²) in [5, 5.41) is 20.4. The zero-order valence-corrected chi connectivity index (χ0v) is 8.44. The second-order valence-electron chi connectivity index (χ2n) is 3.19. The lowest BCUT2D eigenvalue weighted by molar-refractivity contribution is -0.743. The Hall–Kier alpha value is -1.32. The molecule has 1 rings (SSSR count). The summed E-state index contributed by atoms with van der Waals surface area (Å²) in [7, 11) is 0. The van der Waals surface area contributed by atoms with Crippen LogP contribution in [0, 0.1) is 20.2 Å². The average Bonchev–Trinajstić information content (AvgIpc) is 2.99. The summed E-state index contributed by atoms with van der Waals surface area (Å²) in [6.07, 6.45) is -1.97. The molecule has 0 radical (unpaired) electrons. The number of hydrogen-bond acceptors (Lipinski definition) is 7. The lowest BCUT2D eigenvalue weighted by Crippen LogP contribution is -2.30. The molecule has 0 amide bonds. The van der Waals surface area contributed by atoms with Gasteiger partial charge < -0.3 is 14.2 Å². The summed E-state index contributed by atoms with van der Waals surface area (Å²) in [4.78, 5) is 18.6. The van der Waals surface area contributed by atoms with Crippen molar-refractivity contribution in [1.82, 2.24) is 0 Å². The Balaban J connectivity index is 1.98. The Kier molecular flexibility index (Phi) is 5.02. The van der Waals surface area contributed by atoms with Gasteiger partial charge in [0.15, 0.2) is 0 Å². The second-order valence-corrected chi connectivity index (χ2v) is 3.19. The van der Waals surface area contributed by atoms with Crippen molar-refractivity contribution >= 4 is 0 Å². The van der Waals surface area contributed by atoms with E-state index >= 15 is 0 Å². The first-order chi connectivity index (χ1) is 7.61. The highest BCUT2D eigenvalue weighted by Gasteiger charge is 2.31. The highest BCUT2D eigenvalue weighted by atomic mass is 16.7. The van der Waals surface area contributed by atoms with Gasteiger partial charge in [0.05, 0.1) is 29.7 Å². The molecule has 0 saturated carbocycles. The zero-order valence-electron chi connectivity index (χ0n) is 8.44. The lowest BCUT2D eigenvalue weighted by Gasteiger charge is -2.04. The number of hydrogen-bond donors (Lipinski definition) is 0. The van der Waals surface area contributed by atoms with Crippen LogP contribution >= 0.6 is 0 Å². The minimum absolute atomic E-state index is 0.0397. The molecular weight excluding hydrogens is 224 g/mol. The molecule has 1 unspecified atom stereocenters. The fourth-order valence-corrected chi connectivity index (χ4v) is 0.938. The van der Waals surface area contributed by atoms with Gasteiger partial charge in [0, 0.05) is 0 Å². The molecule has 9 heteroatoms. The maximum absolute atomic E-state index is 10.2. The molecule has 0 aromatic rings. The molecule has 0 N–H and O–H groups in total. The Morgan fingerprint density at radius 3 is 2.44 bits per heavy atom. The van der Waals surface area contributed by atoms with Gasteiger partial charge in [-0.1, -0.05) is 0 Å². The highest BCUT2D eigenvalue weighted by Crippen LogP contribution is 2.08. The van der Waals surface area contributed by atoms with Crippen LogP contribution in [-0.4, -0.2) is 48.7 Å². The van der Waals surface area contributed by atoms with Gasteiger partial charge in [0.2, 0.25) is 0 Å². The van der Waals surface area contributed by atoms with Crippen LogP contribution in [0.4, 0.5) is 0 Å². The van der Waals surface area contributed by atoms with Crippen molar-refractivity contribution in [3.63, 3.8) is 0 Å². The van der Waals surface area contributed by atoms with Crippen molar-refractivity contribution in [2.45, 2.75) is 18.7 Å². The van der Waals surface area contributed by atoms with E-state index in [9.17, 15) is 20.2 Å². The molecule has 0 aliphatic carbocycles. The lowest BCUT2D eigenvalue weighted by atomic mass is 10.4. The highest BCUT2D eigenvalue weighted by molar-refractivity contribution is 4.66. The van der Waals surface area contributed by atoms with Crippen LogP contribution in [0.1, 0.15) is 6.42 Å². The molecule has 1 aliphatic heterocycles. The van der Waals surface area contributed by atoms with E-state index in [2.05, 4.69) is 0 Å². The van der Waals surface area contributed by atoms with Crippen molar-refractivity contribution in [1.29, 1.82) is 0 Å². The van der Waals surface area contributed by atoms with Crippen LogP contribution in [0.3, 0.4) is 0 Å². The first-order valence-corrected chi connectivity index (χ1v) is 4.65. The van der Waals surface area contributed by atoms with Crippen LogP contribution in [-0.2, 0) is 14.2 Å². The van der Waals surface area contributed by atoms with Gasteiger partial charge in [0.25, 0.3) is 0 Å². The summed E-state index contributed by atoms with van der Waals surface area (Å²) in [6, 6.07) is 0. The topological polar surface area (TPSA) is 117 Å². The van der Waals surface area contributed by atoms with E-state index in [1.54, 1.807) is 0 Å². The van der Waals surface area contributed by atoms with E-state index in [0.29, 0.717) is 13.2 Å². The van der Waals surface area contributed by atoms with E-state index in [4.69, 9.17) is 14.2 Å². The number of rotatable bonds is 9. The maximum atomic E-state index is 10.2. The fourth-order valence-electron chi connectivity index (χ4n) is 0.938. The normalized spacial score (nSPS) is 18.7. The predicted octanol–water partition coefficient (Wildman–Crippen LogP) is -0.354. The molecule has 0 spiro atoms. The molecular formula is C7H12N2O7. The molecule has 0 aromatic heterocycles. The standard InChI is InChI=1S/C7H12N2O7/c10-8(11)7(9(12)13)1-2-14-5-15-3-6-4-16-6/h6-7H,1-5H2. The molecule has 9 nitrogen and oxygen atoms in total. The Morgan fingerprint density at radius 2 is 1.94 bits per heavy atom. The molecule has 1 fully saturated rings. The monoisotopic (exact) mass is 236 g/mol. The van der Waals surface area contributed by atoms with Crippen LogP contribution in [0.5, 0.6) is 0 Å². The van der Waals surface area contributed by atoms with Gasteiger partial charge in [-0.2, -0.15) is 0 Å². The summed E-state index contributed by atoms with van der Waals surface area (Å²) >= 11 is 0. The first-order valence-electron chi connectivity index (χ1n) is 4.65. The van der Waals surface area contributed by atoms with Crippen molar-refractivity contribution in [2.24, 2.45) is 0 Å². The molecule has 1 atom stereocenters. The van der Waals surface area contributed by atoms with E-state index in [-0.39, 0.29) is 25.9 Å². The minimum Gasteiger partial charge on any atom is -0.371 e. The number of epoxide rings is 1. The van der Waals surface area contributed by atoms with Crippen LogP contribution in [0.2, 0.25) is 0 Å². The zero-order chi connectivity index (χ0) is 12.0. The first kappa shape index (κ1) is 12.7. The van der Waals surface area contributed by atoms with E-state index < -0.39 is 16.0 Å². The van der Waals surface area contributed by atoms with Gasteiger partial charge in [-0.25, -0.2) is 0 Å². The minimum atomic E-state index is -1.81. The van der Waals surface area contributed by atoms with Crippen molar-refractivity contribution < 1.29 is 24.1 Å². The molecule has 0 bridgehead atoms. The third-order valence-electron chi connectivity index (χ3n) is 1.88. The predicted molar refractivity (Wildman–Crippen MR) is 48.9 cm³/mol. The smallest absolute Gasteiger partial charge is 0.371 e.